The van der Waals surface area contributed by atoms with Crippen molar-refractivity contribution in [1.29, 1.82) is 0 Å². The smallest absolute Gasteiger partial charge is 0.380 e. The largest absolute Gasteiger partial charge is 0.416 e. The van der Waals surface area contributed by atoms with E-state index in [0.29, 0.717) is 29.2 Å². The van der Waals surface area contributed by atoms with Crippen LogP contribution in [0.4, 0.5) is 19.0 Å². The number of hydrogen-bond acceptors (Lipinski definition) is 3. The topological polar surface area (TPSA) is 52.0 Å². The van der Waals surface area contributed by atoms with Crippen LogP contribution >= 0.6 is 0 Å². The first-order chi connectivity index (χ1) is 9.95. The number of rotatable bonds is 3. The molecule has 0 radical (unpaired) electrons. The molecule has 3 rings (SSSR count). The Balaban J connectivity index is 1.97. The molecule has 1 fully saturated rings. The van der Waals surface area contributed by atoms with Gasteiger partial charge in [0.25, 0.3) is 0 Å². The maximum Gasteiger partial charge on any atom is 0.416 e. The highest BCUT2D eigenvalue weighted by Crippen LogP contribution is 2.38. The molecule has 1 aliphatic rings. The first-order valence-corrected chi connectivity index (χ1v) is 6.87. The molecule has 0 aliphatic heterocycles. The quantitative estimate of drug-likeness (QED) is 0.919. The molecule has 1 aromatic carbocycles. The van der Waals surface area contributed by atoms with Gasteiger partial charge < -0.3 is 10.3 Å². The standard InChI is InChI=1S/C15H15F3N2O/c16-15(17,18)11-6-2-5-10(8-11)13-12(21-20-14(13)19)7-9-3-1-4-9/h2,5-6,8-9H,1,3-4,7H2,(H2,19,20). The van der Waals surface area contributed by atoms with E-state index >= 15 is 0 Å². The van der Waals surface area contributed by atoms with E-state index in [1.165, 1.54) is 12.5 Å². The number of aromatic nitrogens is 1. The lowest BCUT2D eigenvalue weighted by molar-refractivity contribution is -0.137. The van der Waals surface area contributed by atoms with Crippen molar-refractivity contribution in [3.05, 3.63) is 35.6 Å². The Labute approximate surface area is 119 Å². The first-order valence-electron chi connectivity index (χ1n) is 6.87. The lowest BCUT2D eigenvalue weighted by atomic mass is 9.81. The number of anilines is 1. The SMILES string of the molecule is Nc1noc(CC2CCC2)c1-c1cccc(C(F)(F)F)c1. The summed E-state index contributed by atoms with van der Waals surface area (Å²) in [6, 6.07) is 5.10. The molecule has 1 aliphatic carbocycles. The highest BCUT2D eigenvalue weighted by Gasteiger charge is 2.31. The van der Waals surface area contributed by atoms with Crippen molar-refractivity contribution in [2.45, 2.75) is 31.9 Å². The fourth-order valence-corrected chi connectivity index (χ4v) is 2.60. The van der Waals surface area contributed by atoms with Gasteiger partial charge in [0.05, 0.1) is 11.1 Å². The number of hydrogen-bond donors (Lipinski definition) is 1. The van der Waals surface area contributed by atoms with Crippen LogP contribution < -0.4 is 5.73 Å². The van der Waals surface area contributed by atoms with Gasteiger partial charge in [-0.3, -0.25) is 0 Å². The molecule has 0 spiro atoms. The van der Waals surface area contributed by atoms with Gasteiger partial charge in [0.1, 0.15) is 5.76 Å². The summed E-state index contributed by atoms with van der Waals surface area (Å²) in [5.74, 6) is 1.24. The average Bonchev–Trinajstić information content (AvgIpc) is 2.74. The van der Waals surface area contributed by atoms with E-state index in [4.69, 9.17) is 10.3 Å². The zero-order valence-electron chi connectivity index (χ0n) is 11.3. The van der Waals surface area contributed by atoms with E-state index in [-0.39, 0.29) is 5.82 Å². The summed E-state index contributed by atoms with van der Waals surface area (Å²) in [4.78, 5) is 0. The van der Waals surface area contributed by atoms with E-state index in [0.717, 1.165) is 25.0 Å². The molecule has 0 saturated heterocycles. The van der Waals surface area contributed by atoms with Gasteiger partial charge in [0, 0.05) is 6.42 Å². The molecule has 2 aromatic rings. The number of nitrogens with zero attached hydrogens (tertiary/aromatic N) is 1. The number of benzene rings is 1. The minimum absolute atomic E-state index is 0.142. The van der Waals surface area contributed by atoms with Gasteiger partial charge in [-0.25, -0.2) is 0 Å². The fourth-order valence-electron chi connectivity index (χ4n) is 2.60. The van der Waals surface area contributed by atoms with Crippen LogP contribution in [0.3, 0.4) is 0 Å². The summed E-state index contributed by atoms with van der Waals surface area (Å²) in [6.07, 6.45) is -0.287. The molecular formula is C15H15F3N2O. The Morgan fingerprint density at radius 3 is 2.67 bits per heavy atom. The molecule has 3 nitrogen and oxygen atoms in total. The highest BCUT2D eigenvalue weighted by atomic mass is 19.4. The number of alkyl halides is 3. The molecule has 0 unspecified atom stereocenters. The summed E-state index contributed by atoms with van der Waals surface area (Å²) in [5, 5.41) is 3.72. The Bertz CT molecular complexity index is 645. The van der Waals surface area contributed by atoms with Crippen molar-refractivity contribution in [3.63, 3.8) is 0 Å². The van der Waals surface area contributed by atoms with Gasteiger partial charge in [0.15, 0.2) is 5.82 Å². The van der Waals surface area contributed by atoms with Gasteiger partial charge in [-0.2, -0.15) is 13.2 Å². The molecule has 2 N–H and O–H groups in total. The van der Waals surface area contributed by atoms with Gasteiger partial charge in [-0.1, -0.05) is 36.6 Å². The summed E-state index contributed by atoms with van der Waals surface area (Å²) in [5.41, 5.74) is 5.98. The van der Waals surface area contributed by atoms with Crippen molar-refractivity contribution in [2.75, 3.05) is 5.73 Å². The Morgan fingerprint density at radius 2 is 2.05 bits per heavy atom. The highest BCUT2D eigenvalue weighted by molar-refractivity contribution is 5.76. The third-order valence-corrected chi connectivity index (χ3v) is 3.97. The lowest BCUT2D eigenvalue weighted by Gasteiger charge is -2.24. The molecule has 0 atom stereocenters. The van der Waals surface area contributed by atoms with Crippen molar-refractivity contribution in [3.8, 4) is 11.1 Å². The maximum atomic E-state index is 12.8. The van der Waals surface area contributed by atoms with E-state index in [1.54, 1.807) is 6.07 Å². The van der Waals surface area contributed by atoms with Crippen LogP contribution in [0.2, 0.25) is 0 Å². The van der Waals surface area contributed by atoms with Crippen molar-refractivity contribution >= 4 is 5.82 Å². The van der Waals surface area contributed by atoms with Crippen LogP contribution in [0, 0.1) is 5.92 Å². The maximum absolute atomic E-state index is 12.8. The molecule has 21 heavy (non-hydrogen) atoms. The summed E-state index contributed by atoms with van der Waals surface area (Å²) in [6.45, 7) is 0. The Kier molecular flexibility index (Phi) is 3.39. The third kappa shape index (κ3) is 2.75. The van der Waals surface area contributed by atoms with Gasteiger partial charge in [0.2, 0.25) is 0 Å². The molecule has 112 valence electrons. The molecule has 0 amide bonds. The summed E-state index contributed by atoms with van der Waals surface area (Å²) >= 11 is 0. The first kappa shape index (κ1) is 14.0. The van der Waals surface area contributed by atoms with Gasteiger partial charge in [-0.15, -0.1) is 0 Å². The third-order valence-electron chi connectivity index (χ3n) is 3.97. The van der Waals surface area contributed by atoms with Crippen LogP contribution in [0.25, 0.3) is 11.1 Å². The molecular weight excluding hydrogens is 281 g/mol. The predicted octanol–water partition coefficient (Wildman–Crippen LogP) is 4.29. The van der Waals surface area contributed by atoms with E-state index < -0.39 is 11.7 Å². The molecule has 1 aromatic heterocycles. The lowest BCUT2D eigenvalue weighted by Crippen LogP contribution is -2.13. The minimum Gasteiger partial charge on any atom is -0.380 e. The van der Waals surface area contributed by atoms with Crippen molar-refractivity contribution in [1.82, 2.24) is 5.16 Å². The monoisotopic (exact) mass is 296 g/mol. The van der Waals surface area contributed by atoms with Crippen molar-refractivity contribution in [2.24, 2.45) is 5.92 Å². The molecule has 6 heteroatoms. The number of nitrogen functional groups attached to an aromatic ring is 1. The second kappa shape index (κ2) is 5.09. The summed E-state index contributed by atoms with van der Waals surface area (Å²) < 4.78 is 43.7. The van der Waals surface area contributed by atoms with E-state index in [1.807, 2.05) is 0 Å². The predicted molar refractivity (Wildman–Crippen MR) is 72.4 cm³/mol. The Morgan fingerprint density at radius 1 is 1.29 bits per heavy atom. The van der Waals surface area contributed by atoms with Crippen LogP contribution in [0.1, 0.15) is 30.6 Å². The van der Waals surface area contributed by atoms with Crippen LogP contribution in [0.5, 0.6) is 0 Å². The Hall–Kier alpha value is -1.98. The molecule has 0 bridgehead atoms. The molecule has 1 saturated carbocycles. The average molecular weight is 296 g/mol. The molecule has 1 heterocycles. The van der Waals surface area contributed by atoms with Gasteiger partial charge in [-0.05, 0) is 23.6 Å². The zero-order chi connectivity index (χ0) is 15.0. The fraction of sp³-hybridized carbons (Fsp3) is 0.400. The number of nitrogens with two attached hydrogens (primary N) is 1. The second-order valence-corrected chi connectivity index (χ2v) is 5.45. The summed E-state index contributed by atoms with van der Waals surface area (Å²) in [7, 11) is 0. The van der Waals surface area contributed by atoms with Crippen molar-refractivity contribution < 1.29 is 17.7 Å². The second-order valence-electron chi connectivity index (χ2n) is 5.45. The minimum atomic E-state index is -4.38. The normalized spacial score (nSPS) is 16.0. The van der Waals surface area contributed by atoms with E-state index in [9.17, 15) is 13.2 Å². The van der Waals surface area contributed by atoms with E-state index in [2.05, 4.69) is 5.16 Å². The van der Waals surface area contributed by atoms with Crippen LogP contribution in [-0.4, -0.2) is 5.16 Å². The van der Waals surface area contributed by atoms with Gasteiger partial charge >= 0.3 is 6.18 Å². The number of halogens is 3. The zero-order valence-corrected chi connectivity index (χ0v) is 11.3. The van der Waals surface area contributed by atoms with Crippen LogP contribution in [0.15, 0.2) is 28.8 Å². The van der Waals surface area contributed by atoms with Crippen LogP contribution in [-0.2, 0) is 12.6 Å².